The molecule has 3 N–H and O–H groups in total. The normalized spacial score (nSPS) is 11.8. The summed E-state index contributed by atoms with van der Waals surface area (Å²) in [6, 6.07) is 9.75. The van der Waals surface area contributed by atoms with Crippen LogP contribution in [-0.4, -0.2) is 21.8 Å². The minimum absolute atomic E-state index is 0.0661. The first-order valence-corrected chi connectivity index (χ1v) is 8.63. The van der Waals surface area contributed by atoms with E-state index in [2.05, 4.69) is 26.4 Å². The van der Waals surface area contributed by atoms with E-state index in [1.807, 2.05) is 0 Å². The van der Waals surface area contributed by atoms with Crippen molar-refractivity contribution in [2.24, 2.45) is 5.14 Å². The highest BCUT2D eigenvalue weighted by molar-refractivity contribution is 9.10. The molecule has 0 saturated heterocycles. The quantitative estimate of drug-likeness (QED) is 0.694. The van der Waals surface area contributed by atoms with Crippen LogP contribution in [0, 0.1) is 0 Å². The number of ether oxygens (including phenoxy) is 1. The van der Waals surface area contributed by atoms with Crippen molar-refractivity contribution in [3.63, 3.8) is 0 Å². The minimum Gasteiger partial charge on any atom is -0.760 e. The Morgan fingerprint density at radius 2 is 1.77 bits per heavy atom. The van der Waals surface area contributed by atoms with Crippen LogP contribution in [0.5, 0.6) is 5.75 Å². The fourth-order valence-electron chi connectivity index (χ4n) is 1.77. The van der Waals surface area contributed by atoms with Crippen molar-refractivity contribution in [3.05, 3.63) is 58.1 Å². The molecule has 1 unspecified atom stereocenters. The van der Waals surface area contributed by atoms with Crippen molar-refractivity contribution in [2.45, 2.75) is 6.18 Å². The molecule has 6 nitrogen and oxygen atoms in total. The van der Waals surface area contributed by atoms with Gasteiger partial charge in [-0.1, -0.05) is 15.9 Å². The van der Waals surface area contributed by atoms with Crippen molar-refractivity contribution < 1.29 is 31.5 Å². The van der Waals surface area contributed by atoms with Gasteiger partial charge in [-0.3, -0.25) is 14.1 Å². The van der Waals surface area contributed by atoms with Crippen LogP contribution in [0.3, 0.4) is 0 Å². The molecule has 0 bridgehead atoms. The van der Waals surface area contributed by atoms with Crippen molar-refractivity contribution in [2.75, 3.05) is 12.4 Å². The van der Waals surface area contributed by atoms with E-state index in [1.165, 1.54) is 31.4 Å². The summed E-state index contributed by atoms with van der Waals surface area (Å²) in [5.74, 6) is 0.0812. The second-order valence-electron chi connectivity index (χ2n) is 4.64. The SMILES string of the molecule is COc1ccc(C(=O)Nc2ccc(Br)c(C(F)(F)F)c2)cc1.NS(=O)[O-]. The van der Waals surface area contributed by atoms with Gasteiger partial charge >= 0.3 is 6.18 Å². The molecular weight excluding hydrogens is 441 g/mol. The molecule has 0 aromatic heterocycles. The number of alkyl halides is 3. The Morgan fingerprint density at radius 1 is 1.23 bits per heavy atom. The van der Waals surface area contributed by atoms with Crippen molar-refractivity contribution in [1.82, 2.24) is 0 Å². The van der Waals surface area contributed by atoms with Crippen LogP contribution in [0.15, 0.2) is 46.9 Å². The number of nitrogens with one attached hydrogen (secondary N) is 1. The lowest BCUT2D eigenvalue weighted by molar-refractivity contribution is -0.138. The molecule has 2 aromatic carbocycles. The van der Waals surface area contributed by atoms with E-state index in [0.29, 0.717) is 11.3 Å². The van der Waals surface area contributed by atoms with E-state index in [4.69, 9.17) is 13.5 Å². The highest BCUT2D eigenvalue weighted by atomic mass is 79.9. The molecule has 0 spiro atoms. The van der Waals surface area contributed by atoms with E-state index >= 15 is 0 Å². The number of nitrogens with two attached hydrogens (primary N) is 1. The predicted octanol–water partition coefficient (Wildman–Crippen LogP) is 3.47. The van der Waals surface area contributed by atoms with Gasteiger partial charge in [-0.05, 0) is 42.5 Å². The zero-order chi connectivity index (χ0) is 19.9. The van der Waals surface area contributed by atoms with Gasteiger partial charge in [-0.15, -0.1) is 0 Å². The lowest BCUT2D eigenvalue weighted by Crippen LogP contribution is -2.13. The number of carbonyl (C=O) groups excluding carboxylic acids is 1. The van der Waals surface area contributed by atoms with E-state index in [1.54, 1.807) is 12.1 Å². The zero-order valence-electron chi connectivity index (χ0n) is 13.2. The number of amides is 1. The number of methoxy groups -OCH3 is 1. The molecular formula is C15H13BrF3N2O4S-. The van der Waals surface area contributed by atoms with E-state index in [9.17, 15) is 18.0 Å². The first-order valence-electron chi connectivity index (χ1n) is 6.70. The second kappa shape index (κ2) is 9.67. The zero-order valence-corrected chi connectivity index (χ0v) is 15.6. The van der Waals surface area contributed by atoms with Crippen LogP contribution in [-0.2, 0) is 17.4 Å². The third-order valence-electron chi connectivity index (χ3n) is 2.88. The minimum atomic E-state index is -4.50. The molecule has 1 atom stereocenters. The number of halogens is 4. The monoisotopic (exact) mass is 453 g/mol. The first kappa shape index (κ1) is 22.1. The lowest BCUT2D eigenvalue weighted by atomic mass is 10.1. The number of hydrogen-bond acceptors (Lipinski definition) is 4. The molecule has 0 aliphatic heterocycles. The van der Waals surface area contributed by atoms with Gasteiger partial charge in [-0.25, -0.2) is 0 Å². The number of anilines is 1. The number of carbonyl (C=O) groups is 1. The van der Waals surface area contributed by atoms with E-state index in [0.717, 1.165) is 6.07 Å². The molecule has 0 aliphatic carbocycles. The number of rotatable bonds is 3. The number of benzene rings is 2. The van der Waals surface area contributed by atoms with Crippen LogP contribution in [0.1, 0.15) is 15.9 Å². The first-order chi connectivity index (χ1) is 12.0. The van der Waals surface area contributed by atoms with Gasteiger partial charge in [0, 0.05) is 27.0 Å². The Hall–Kier alpha value is -1.95. The maximum absolute atomic E-state index is 12.8. The van der Waals surface area contributed by atoms with Crippen LogP contribution in [0.25, 0.3) is 0 Å². The largest absolute Gasteiger partial charge is 0.760 e. The maximum atomic E-state index is 12.8. The molecule has 11 heteroatoms. The summed E-state index contributed by atoms with van der Waals surface area (Å²) in [7, 11) is 1.50. The highest BCUT2D eigenvalue weighted by Gasteiger charge is 2.33. The Kier molecular flexibility index (Phi) is 8.21. The average Bonchev–Trinajstić information content (AvgIpc) is 2.55. The van der Waals surface area contributed by atoms with Gasteiger partial charge in [0.15, 0.2) is 0 Å². The van der Waals surface area contributed by atoms with E-state index in [-0.39, 0.29) is 10.2 Å². The van der Waals surface area contributed by atoms with Gasteiger partial charge in [0.05, 0.1) is 12.7 Å². The summed E-state index contributed by atoms with van der Waals surface area (Å²) < 4.78 is 60.9. The molecule has 2 rings (SSSR count). The summed E-state index contributed by atoms with van der Waals surface area (Å²) in [4.78, 5) is 12.0. The van der Waals surface area contributed by atoms with Crippen LogP contribution in [0.2, 0.25) is 0 Å². The highest BCUT2D eigenvalue weighted by Crippen LogP contribution is 2.36. The van der Waals surface area contributed by atoms with Crippen molar-refractivity contribution in [3.8, 4) is 5.75 Å². The smallest absolute Gasteiger partial charge is 0.417 e. The molecule has 0 saturated carbocycles. The predicted molar refractivity (Wildman–Crippen MR) is 93.2 cm³/mol. The van der Waals surface area contributed by atoms with Gasteiger partial charge < -0.3 is 14.6 Å². The van der Waals surface area contributed by atoms with Gasteiger partial charge in [0.2, 0.25) is 0 Å². The Balaban J connectivity index is 0.000000765. The molecule has 0 fully saturated rings. The van der Waals surface area contributed by atoms with Crippen LogP contribution < -0.4 is 15.2 Å². The fraction of sp³-hybridized carbons (Fsp3) is 0.133. The summed E-state index contributed by atoms with van der Waals surface area (Å²) in [6.07, 6.45) is -4.50. The summed E-state index contributed by atoms with van der Waals surface area (Å²) in [5.41, 5.74) is -0.464. The Bertz CT molecular complexity index is 781. The summed E-state index contributed by atoms with van der Waals surface area (Å²) in [5, 5.41) is 6.46. The standard InChI is InChI=1S/C15H11BrF3NO2.H3NO2S/c1-22-11-5-2-9(3-6-11)14(21)20-10-4-7-13(16)12(8-10)15(17,18)19;1-4(2)3/h2-8H,1H3,(H,20,21);1H2,(H,2,3)/p-1. The van der Waals surface area contributed by atoms with Crippen molar-refractivity contribution >= 4 is 38.8 Å². The van der Waals surface area contributed by atoms with Crippen LogP contribution >= 0.6 is 15.9 Å². The molecule has 0 heterocycles. The topological polar surface area (TPSA) is 104 Å². The van der Waals surface area contributed by atoms with Gasteiger partial charge in [0.25, 0.3) is 5.91 Å². The Morgan fingerprint density at radius 3 is 2.23 bits per heavy atom. The maximum Gasteiger partial charge on any atom is 0.417 e. The average molecular weight is 454 g/mol. The van der Waals surface area contributed by atoms with Crippen LogP contribution in [0.4, 0.5) is 18.9 Å². The van der Waals surface area contributed by atoms with Crippen molar-refractivity contribution in [1.29, 1.82) is 0 Å². The lowest BCUT2D eigenvalue weighted by Gasteiger charge is -2.12. The third kappa shape index (κ3) is 7.12. The van der Waals surface area contributed by atoms with E-state index < -0.39 is 28.9 Å². The van der Waals surface area contributed by atoms with Gasteiger partial charge in [0.1, 0.15) is 5.75 Å². The molecule has 0 radical (unpaired) electrons. The molecule has 142 valence electrons. The molecule has 2 aromatic rings. The second-order valence-corrected chi connectivity index (χ2v) is 6.01. The third-order valence-corrected chi connectivity index (χ3v) is 3.57. The fourth-order valence-corrected chi connectivity index (χ4v) is 2.24. The number of hydrogen-bond donors (Lipinski definition) is 2. The Labute approximate surface area is 158 Å². The summed E-state index contributed by atoms with van der Waals surface area (Å²) >= 11 is 0.486. The summed E-state index contributed by atoms with van der Waals surface area (Å²) in [6.45, 7) is 0. The van der Waals surface area contributed by atoms with Gasteiger partial charge in [-0.2, -0.15) is 13.2 Å². The molecule has 26 heavy (non-hydrogen) atoms. The molecule has 1 amide bonds. The molecule has 0 aliphatic rings.